The molecule has 1 atom stereocenters. The van der Waals surface area contributed by atoms with Gasteiger partial charge < -0.3 is 19.7 Å². The normalized spacial score (nSPS) is 17.4. The minimum absolute atomic E-state index is 0.161. The number of hydrogen-bond donors (Lipinski definition) is 2. The number of unbranched alkanes of at least 4 members (excludes halogenated alkanes) is 4. The first kappa shape index (κ1) is 16.7. The summed E-state index contributed by atoms with van der Waals surface area (Å²) >= 11 is 0. The minimum Gasteiger partial charge on any atom is -0.481 e. The number of carboxylic acid groups (broad SMARTS) is 1. The van der Waals surface area contributed by atoms with Crippen molar-refractivity contribution in [2.75, 3.05) is 13.2 Å². The molecule has 1 aliphatic rings. The molecule has 0 aromatic rings. The molecule has 2 N–H and O–H groups in total. The van der Waals surface area contributed by atoms with E-state index >= 15 is 0 Å². The Morgan fingerprint density at radius 3 is 2.39 bits per heavy atom. The predicted octanol–water partition coefficient (Wildman–Crippen LogP) is 1.95. The molecular weight excluding hydrogens is 240 g/mol. The van der Waals surface area contributed by atoms with Gasteiger partial charge in [-0.1, -0.05) is 32.6 Å². The number of aliphatic hydroxyl groups excluding tert-OH is 1. The average molecular weight is 262 g/mol. The molecule has 0 radical (unpaired) electrons. The largest absolute Gasteiger partial charge is 0.508 e. The lowest BCUT2D eigenvalue weighted by Crippen LogP contribution is -2.14. The van der Waals surface area contributed by atoms with Gasteiger partial charge in [-0.25, -0.2) is 4.79 Å². The van der Waals surface area contributed by atoms with Gasteiger partial charge in [0.15, 0.2) is 6.10 Å². The summed E-state index contributed by atoms with van der Waals surface area (Å²) in [6.45, 7) is 2.16. The molecule has 18 heavy (non-hydrogen) atoms. The molecule has 0 aliphatic carbocycles. The van der Waals surface area contributed by atoms with E-state index < -0.39 is 18.2 Å². The lowest BCUT2D eigenvalue weighted by molar-refractivity contribution is -0.137. The second-order valence-corrected chi connectivity index (χ2v) is 4.04. The molecule has 1 unspecified atom stereocenters. The topological polar surface area (TPSA) is 93.1 Å². The molecular formula is C12H22O6. The highest BCUT2D eigenvalue weighted by atomic mass is 16.8. The lowest BCUT2D eigenvalue weighted by Gasteiger charge is -1.96. The van der Waals surface area contributed by atoms with E-state index in [2.05, 4.69) is 16.4 Å². The Kier molecular flexibility index (Phi) is 10.0. The number of carbonyl (C=O) groups excluding carboxylic acids is 1. The zero-order chi connectivity index (χ0) is 13.8. The van der Waals surface area contributed by atoms with Crippen LogP contribution in [0.5, 0.6) is 0 Å². The summed E-state index contributed by atoms with van der Waals surface area (Å²) in [4.78, 5) is 20.1. The Bertz CT molecular complexity index is 241. The molecule has 0 aromatic heterocycles. The third kappa shape index (κ3) is 9.89. The Balaban J connectivity index is 0.000000327. The first-order valence-corrected chi connectivity index (χ1v) is 6.26. The molecule has 1 saturated heterocycles. The van der Waals surface area contributed by atoms with Gasteiger partial charge in [0.05, 0.1) is 6.61 Å². The minimum atomic E-state index is -0.691. The van der Waals surface area contributed by atoms with Crippen molar-refractivity contribution < 1.29 is 29.3 Å². The highest BCUT2D eigenvalue weighted by molar-refractivity contribution is 5.66. The fraction of sp³-hybridized carbons (Fsp3) is 0.833. The summed E-state index contributed by atoms with van der Waals surface area (Å²) in [5, 5.41) is 16.6. The predicted molar refractivity (Wildman–Crippen MR) is 64.3 cm³/mol. The fourth-order valence-corrected chi connectivity index (χ4v) is 1.33. The molecule has 1 heterocycles. The third-order valence-electron chi connectivity index (χ3n) is 2.35. The maximum atomic E-state index is 10.1. The third-order valence-corrected chi connectivity index (χ3v) is 2.35. The molecule has 1 rings (SSSR count). The average Bonchev–Trinajstić information content (AvgIpc) is 2.75. The fourth-order valence-electron chi connectivity index (χ4n) is 1.33. The molecule has 0 saturated carbocycles. The van der Waals surface area contributed by atoms with Crippen LogP contribution >= 0.6 is 0 Å². The van der Waals surface area contributed by atoms with Crippen molar-refractivity contribution in [1.82, 2.24) is 0 Å². The van der Waals surface area contributed by atoms with Crippen molar-refractivity contribution >= 4 is 12.1 Å². The van der Waals surface area contributed by atoms with Crippen LogP contribution in [0.15, 0.2) is 0 Å². The maximum absolute atomic E-state index is 10.1. The number of aliphatic carboxylic acids is 1. The van der Waals surface area contributed by atoms with E-state index in [0.29, 0.717) is 6.42 Å². The summed E-state index contributed by atoms with van der Waals surface area (Å²) in [5.41, 5.74) is 0. The molecule has 0 spiro atoms. The summed E-state index contributed by atoms with van der Waals surface area (Å²) in [7, 11) is 0. The Morgan fingerprint density at radius 1 is 1.33 bits per heavy atom. The number of carboxylic acids is 1. The summed E-state index contributed by atoms with van der Waals surface area (Å²) in [6.07, 6.45) is 4.75. The van der Waals surface area contributed by atoms with E-state index in [1.165, 1.54) is 19.3 Å². The zero-order valence-electron chi connectivity index (χ0n) is 10.8. The Morgan fingerprint density at radius 2 is 2.00 bits per heavy atom. The number of cyclic esters (lactones) is 2. The van der Waals surface area contributed by atoms with Crippen molar-refractivity contribution in [2.24, 2.45) is 0 Å². The second-order valence-electron chi connectivity index (χ2n) is 4.04. The quantitative estimate of drug-likeness (QED) is 0.538. The number of rotatable bonds is 7. The van der Waals surface area contributed by atoms with Crippen molar-refractivity contribution in [1.29, 1.82) is 0 Å². The molecule has 106 valence electrons. The van der Waals surface area contributed by atoms with E-state index in [1.807, 2.05) is 0 Å². The van der Waals surface area contributed by atoms with E-state index in [0.717, 1.165) is 12.8 Å². The first-order valence-electron chi connectivity index (χ1n) is 6.26. The Labute approximate surface area is 107 Å². The number of ether oxygens (including phenoxy) is 2. The van der Waals surface area contributed by atoms with E-state index in [1.54, 1.807) is 0 Å². The van der Waals surface area contributed by atoms with Crippen molar-refractivity contribution in [2.45, 2.75) is 51.6 Å². The van der Waals surface area contributed by atoms with Gasteiger partial charge in [0.25, 0.3) is 0 Å². The van der Waals surface area contributed by atoms with Crippen LogP contribution in [-0.4, -0.2) is 41.7 Å². The lowest BCUT2D eigenvalue weighted by atomic mass is 10.1. The maximum Gasteiger partial charge on any atom is 0.508 e. The van der Waals surface area contributed by atoms with Crippen LogP contribution in [0.3, 0.4) is 0 Å². The van der Waals surface area contributed by atoms with Gasteiger partial charge in [-0.15, -0.1) is 0 Å². The van der Waals surface area contributed by atoms with Crippen molar-refractivity contribution in [3.05, 3.63) is 0 Å². The Hall–Kier alpha value is -1.30. The molecule has 0 bridgehead atoms. The molecule has 0 aromatic carbocycles. The van der Waals surface area contributed by atoms with E-state index in [9.17, 15) is 9.59 Å². The van der Waals surface area contributed by atoms with Crippen LogP contribution < -0.4 is 0 Å². The summed E-state index contributed by atoms with van der Waals surface area (Å²) in [5.74, 6) is -0.670. The first-order chi connectivity index (χ1) is 8.60. The standard InChI is InChI=1S/C8H16O2.C4H6O4/c1-2-3-4-5-6-7-8(9)10;5-1-3-2-7-4(6)8-3/h2-7H2,1H3,(H,9,10);3,5H,1-2H2. The van der Waals surface area contributed by atoms with Gasteiger partial charge in [-0.3, -0.25) is 4.79 Å². The highest BCUT2D eigenvalue weighted by Crippen LogP contribution is 2.04. The van der Waals surface area contributed by atoms with Crippen LogP contribution in [0.2, 0.25) is 0 Å². The summed E-state index contributed by atoms with van der Waals surface area (Å²) in [6, 6.07) is 0. The SMILES string of the molecule is CCCCCCCC(=O)O.O=C1OCC(CO)O1. The van der Waals surface area contributed by atoms with E-state index in [-0.39, 0.29) is 13.2 Å². The van der Waals surface area contributed by atoms with Gasteiger partial charge >= 0.3 is 12.1 Å². The van der Waals surface area contributed by atoms with Gasteiger partial charge in [0.2, 0.25) is 0 Å². The highest BCUT2D eigenvalue weighted by Gasteiger charge is 2.23. The zero-order valence-corrected chi connectivity index (χ0v) is 10.8. The van der Waals surface area contributed by atoms with Crippen LogP contribution in [0, 0.1) is 0 Å². The van der Waals surface area contributed by atoms with Gasteiger partial charge in [0, 0.05) is 6.42 Å². The smallest absolute Gasteiger partial charge is 0.481 e. The van der Waals surface area contributed by atoms with Gasteiger partial charge in [0.1, 0.15) is 6.61 Å². The van der Waals surface area contributed by atoms with Crippen molar-refractivity contribution in [3.8, 4) is 0 Å². The van der Waals surface area contributed by atoms with Crippen LogP contribution in [0.1, 0.15) is 45.4 Å². The van der Waals surface area contributed by atoms with Crippen molar-refractivity contribution in [3.63, 3.8) is 0 Å². The number of carbonyl (C=O) groups is 2. The number of hydrogen-bond acceptors (Lipinski definition) is 5. The van der Waals surface area contributed by atoms with Gasteiger partial charge in [-0.2, -0.15) is 0 Å². The molecule has 6 nitrogen and oxygen atoms in total. The molecule has 0 amide bonds. The van der Waals surface area contributed by atoms with E-state index in [4.69, 9.17) is 10.2 Å². The monoisotopic (exact) mass is 262 g/mol. The van der Waals surface area contributed by atoms with Crippen LogP contribution in [0.4, 0.5) is 4.79 Å². The second kappa shape index (κ2) is 10.8. The molecule has 1 fully saturated rings. The molecule has 6 heteroatoms. The van der Waals surface area contributed by atoms with Crippen LogP contribution in [0.25, 0.3) is 0 Å². The molecule has 1 aliphatic heterocycles. The van der Waals surface area contributed by atoms with Gasteiger partial charge in [-0.05, 0) is 6.42 Å². The number of aliphatic hydroxyl groups is 1. The summed E-state index contributed by atoms with van der Waals surface area (Å²) < 4.78 is 8.73. The van der Waals surface area contributed by atoms with Crippen LogP contribution in [-0.2, 0) is 14.3 Å².